The molecular weight excluding hydrogens is 240 g/mol. The van der Waals surface area contributed by atoms with Crippen LogP contribution in [0.15, 0.2) is 22.8 Å². The molecule has 0 amide bonds. The lowest BCUT2D eigenvalue weighted by Crippen LogP contribution is -2.09. The highest BCUT2D eigenvalue weighted by molar-refractivity contribution is 5.45. The van der Waals surface area contributed by atoms with E-state index in [1.54, 1.807) is 6.07 Å². The van der Waals surface area contributed by atoms with Gasteiger partial charge in [0.25, 0.3) is 11.9 Å². The van der Waals surface area contributed by atoms with Crippen molar-refractivity contribution in [3.8, 4) is 0 Å². The van der Waals surface area contributed by atoms with Gasteiger partial charge in [-0.05, 0) is 12.1 Å². The van der Waals surface area contributed by atoms with Gasteiger partial charge in [0.2, 0.25) is 11.6 Å². The molecule has 2 aromatic heterocycles. The van der Waals surface area contributed by atoms with Crippen molar-refractivity contribution in [2.75, 3.05) is 5.32 Å². The molecule has 0 aromatic carbocycles. The van der Waals surface area contributed by atoms with Gasteiger partial charge in [-0.2, -0.15) is 22.5 Å². The van der Waals surface area contributed by atoms with E-state index in [2.05, 4.69) is 10.3 Å². The Morgan fingerprint density at radius 2 is 1.76 bits per heavy atom. The Hall–Kier alpha value is -2.05. The summed E-state index contributed by atoms with van der Waals surface area (Å²) in [6.45, 7) is -0.107. The number of rotatable bonds is 3. The Morgan fingerprint density at radius 1 is 1.12 bits per heavy atom. The number of pyridine rings is 1. The summed E-state index contributed by atoms with van der Waals surface area (Å²) in [5.74, 6) is -6.19. The topological polar surface area (TPSA) is 38.1 Å². The molecule has 0 aliphatic carbocycles. The van der Waals surface area contributed by atoms with Crippen molar-refractivity contribution in [1.82, 2.24) is 4.98 Å². The van der Waals surface area contributed by atoms with Crippen molar-refractivity contribution in [1.29, 1.82) is 0 Å². The monoisotopic (exact) mass is 246 g/mol. The molecule has 0 atom stereocenters. The van der Waals surface area contributed by atoms with Crippen molar-refractivity contribution >= 4 is 5.69 Å². The molecule has 7 heteroatoms. The lowest BCUT2D eigenvalue weighted by Gasteiger charge is -2.07. The fraction of sp³-hybridized carbons (Fsp3) is 0.100. The first kappa shape index (κ1) is 11.4. The molecule has 0 spiro atoms. The molecule has 1 N–H and O–H groups in total. The zero-order valence-electron chi connectivity index (χ0n) is 8.31. The van der Waals surface area contributed by atoms with Crippen LogP contribution in [0.2, 0.25) is 0 Å². The first-order chi connectivity index (χ1) is 8.09. The molecule has 2 aromatic rings. The van der Waals surface area contributed by atoms with E-state index < -0.39 is 29.2 Å². The third-order valence-corrected chi connectivity index (χ3v) is 2.02. The maximum Gasteiger partial charge on any atom is 0.253 e. The molecule has 0 fully saturated rings. The lowest BCUT2D eigenvalue weighted by molar-refractivity contribution is 0.410. The molecule has 2 heterocycles. The minimum Gasteiger partial charge on any atom is -0.467 e. The van der Waals surface area contributed by atoms with Crippen molar-refractivity contribution in [2.45, 2.75) is 6.54 Å². The van der Waals surface area contributed by atoms with Crippen molar-refractivity contribution in [2.24, 2.45) is 0 Å². The van der Waals surface area contributed by atoms with E-state index in [0.717, 1.165) is 0 Å². The average molecular weight is 246 g/mol. The van der Waals surface area contributed by atoms with E-state index in [0.29, 0.717) is 5.76 Å². The van der Waals surface area contributed by atoms with Crippen LogP contribution in [0, 0.1) is 23.5 Å². The Kier molecular flexibility index (Phi) is 2.99. The summed E-state index contributed by atoms with van der Waals surface area (Å²) in [6.07, 6.45) is 1.36. The maximum atomic E-state index is 13.1. The van der Waals surface area contributed by atoms with Gasteiger partial charge in [0, 0.05) is 0 Å². The third-order valence-electron chi connectivity index (χ3n) is 2.02. The molecule has 17 heavy (non-hydrogen) atoms. The van der Waals surface area contributed by atoms with Gasteiger partial charge in [0.05, 0.1) is 12.8 Å². The van der Waals surface area contributed by atoms with Crippen LogP contribution in [0.5, 0.6) is 0 Å². The Labute approximate surface area is 93.1 Å². The second-order valence-electron chi connectivity index (χ2n) is 3.13. The number of anilines is 1. The molecule has 0 aliphatic rings. The van der Waals surface area contributed by atoms with Crippen LogP contribution in [0.3, 0.4) is 0 Å². The van der Waals surface area contributed by atoms with Crippen LogP contribution in [-0.4, -0.2) is 4.98 Å². The second kappa shape index (κ2) is 4.44. The fourth-order valence-corrected chi connectivity index (χ4v) is 1.23. The second-order valence-corrected chi connectivity index (χ2v) is 3.13. The summed E-state index contributed by atoms with van der Waals surface area (Å²) in [6, 6.07) is 3.11. The number of nitrogens with zero attached hydrogens (tertiary/aromatic N) is 1. The van der Waals surface area contributed by atoms with Gasteiger partial charge in [-0.25, -0.2) is 0 Å². The number of nitrogens with one attached hydrogen (secondary N) is 1. The quantitative estimate of drug-likeness (QED) is 0.668. The summed E-state index contributed by atoms with van der Waals surface area (Å²) in [5.41, 5.74) is -0.911. The molecule has 0 saturated heterocycles. The van der Waals surface area contributed by atoms with Crippen LogP contribution in [-0.2, 0) is 6.54 Å². The van der Waals surface area contributed by atoms with Gasteiger partial charge in [0.1, 0.15) is 11.4 Å². The van der Waals surface area contributed by atoms with Gasteiger partial charge in [0.15, 0.2) is 0 Å². The molecule has 0 bridgehead atoms. The van der Waals surface area contributed by atoms with Crippen LogP contribution in [0.4, 0.5) is 23.2 Å². The Balaban J connectivity index is 2.26. The first-order valence-electron chi connectivity index (χ1n) is 4.56. The molecule has 2 rings (SSSR count). The first-order valence-corrected chi connectivity index (χ1v) is 4.56. The van der Waals surface area contributed by atoms with Crippen LogP contribution >= 0.6 is 0 Å². The summed E-state index contributed by atoms with van der Waals surface area (Å²) >= 11 is 0. The van der Waals surface area contributed by atoms with E-state index in [9.17, 15) is 17.6 Å². The minimum absolute atomic E-state index is 0.107. The van der Waals surface area contributed by atoms with E-state index in [-0.39, 0.29) is 6.54 Å². The molecule has 90 valence electrons. The SMILES string of the molecule is Fc1nc(F)c(F)c(NCc2ccco2)c1F. The molecule has 0 saturated carbocycles. The molecule has 3 nitrogen and oxygen atoms in total. The number of furan rings is 1. The predicted octanol–water partition coefficient (Wildman–Crippen LogP) is 2.84. The van der Waals surface area contributed by atoms with Crippen molar-refractivity contribution in [3.05, 3.63) is 47.7 Å². The zero-order chi connectivity index (χ0) is 12.4. The molecular formula is C10H6F4N2O. The molecule has 0 unspecified atom stereocenters. The lowest BCUT2D eigenvalue weighted by atomic mass is 10.3. The van der Waals surface area contributed by atoms with E-state index in [4.69, 9.17) is 4.42 Å². The standard InChI is InChI=1S/C10H6F4N2O/c11-6-8(7(12)10(14)16-9(6)13)15-4-5-2-1-3-17-5/h1-3H,4H2,(H,15,16). The summed E-state index contributed by atoms with van der Waals surface area (Å²) in [5, 5.41) is 2.20. The van der Waals surface area contributed by atoms with E-state index in [1.165, 1.54) is 12.3 Å². The number of halogens is 4. The Morgan fingerprint density at radius 3 is 2.29 bits per heavy atom. The normalized spacial score (nSPS) is 10.6. The van der Waals surface area contributed by atoms with Gasteiger partial charge >= 0.3 is 0 Å². The number of hydrogen-bond acceptors (Lipinski definition) is 3. The highest BCUT2D eigenvalue weighted by Crippen LogP contribution is 2.22. The number of aromatic nitrogens is 1. The Bertz CT molecular complexity index is 501. The smallest absolute Gasteiger partial charge is 0.253 e. The molecule has 0 radical (unpaired) electrons. The molecule has 0 aliphatic heterocycles. The van der Waals surface area contributed by atoms with Crippen molar-refractivity contribution in [3.63, 3.8) is 0 Å². The zero-order valence-corrected chi connectivity index (χ0v) is 8.31. The minimum atomic E-state index is -1.70. The van der Waals surface area contributed by atoms with Gasteiger partial charge in [-0.3, -0.25) is 0 Å². The summed E-state index contributed by atoms with van der Waals surface area (Å²) in [4.78, 5) is 2.43. The van der Waals surface area contributed by atoms with Gasteiger partial charge in [-0.15, -0.1) is 0 Å². The van der Waals surface area contributed by atoms with E-state index >= 15 is 0 Å². The largest absolute Gasteiger partial charge is 0.467 e. The van der Waals surface area contributed by atoms with Crippen LogP contribution in [0.25, 0.3) is 0 Å². The fourth-order valence-electron chi connectivity index (χ4n) is 1.23. The average Bonchev–Trinajstić information content (AvgIpc) is 2.79. The maximum absolute atomic E-state index is 13.1. The highest BCUT2D eigenvalue weighted by atomic mass is 19.2. The van der Waals surface area contributed by atoms with Gasteiger partial charge < -0.3 is 9.73 Å². The van der Waals surface area contributed by atoms with Crippen molar-refractivity contribution < 1.29 is 22.0 Å². The predicted molar refractivity (Wildman–Crippen MR) is 50.1 cm³/mol. The van der Waals surface area contributed by atoms with Crippen LogP contribution < -0.4 is 5.32 Å². The summed E-state index contributed by atoms with van der Waals surface area (Å²) < 4.78 is 56.6. The van der Waals surface area contributed by atoms with E-state index in [1.807, 2.05) is 0 Å². The third kappa shape index (κ3) is 2.22. The number of hydrogen-bond donors (Lipinski definition) is 1. The van der Waals surface area contributed by atoms with Crippen LogP contribution in [0.1, 0.15) is 5.76 Å². The highest BCUT2D eigenvalue weighted by Gasteiger charge is 2.20. The summed E-state index contributed by atoms with van der Waals surface area (Å²) in [7, 11) is 0. The van der Waals surface area contributed by atoms with Gasteiger partial charge in [-0.1, -0.05) is 0 Å².